The van der Waals surface area contributed by atoms with Crippen molar-refractivity contribution in [2.75, 3.05) is 6.54 Å². The molecule has 2 fully saturated rings. The van der Waals surface area contributed by atoms with Crippen LogP contribution in [0.2, 0.25) is 0 Å². The van der Waals surface area contributed by atoms with E-state index in [0.717, 1.165) is 32.0 Å². The number of rotatable bonds is 5. The van der Waals surface area contributed by atoms with E-state index in [9.17, 15) is 9.59 Å². The quantitative estimate of drug-likeness (QED) is 0.758. The second kappa shape index (κ2) is 5.21. The highest BCUT2D eigenvalue weighted by molar-refractivity contribution is 5.66. The minimum Gasteiger partial charge on any atom is -0.371 e. The molecule has 5 heteroatoms. The van der Waals surface area contributed by atoms with Crippen LogP contribution in [0.1, 0.15) is 46.5 Å². The first-order chi connectivity index (χ1) is 8.90. The lowest BCUT2D eigenvalue weighted by atomic mass is 9.76. The van der Waals surface area contributed by atoms with Crippen LogP contribution in [0.4, 0.5) is 0 Å². The molecule has 0 bridgehead atoms. The van der Waals surface area contributed by atoms with Gasteiger partial charge in [0, 0.05) is 13.0 Å². The highest BCUT2D eigenvalue weighted by Gasteiger charge is 2.49. The molecule has 1 N–H and O–H groups in total. The van der Waals surface area contributed by atoms with E-state index in [1.807, 2.05) is 20.8 Å². The Morgan fingerprint density at radius 1 is 1.32 bits per heavy atom. The number of nitrogens with one attached hydrogen (secondary N) is 1. The summed E-state index contributed by atoms with van der Waals surface area (Å²) in [5.41, 5.74) is -0.586. The summed E-state index contributed by atoms with van der Waals surface area (Å²) in [6, 6.07) is 0. The second-order valence-corrected chi connectivity index (χ2v) is 6.62. The molecule has 1 saturated heterocycles. The van der Waals surface area contributed by atoms with Crippen LogP contribution in [0.5, 0.6) is 0 Å². The van der Waals surface area contributed by atoms with Crippen LogP contribution < -0.4 is 5.32 Å². The number of amides is 1. The van der Waals surface area contributed by atoms with Gasteiger partial charge < -0.3 is 14.8 Å². The van der Waals surface area contributed by atoms with E-state index in [4.69, 9.17) is 4.74 Å². The van der Waals surface area contributed by atoms with Crippen molar-refractivity contribution in [3.8, 4) is 0 Å². The summed E-state index contributed by atoms with van der Waals surface area (Å²) in [6.07, 6.45) is 5.33. The van der Waals surface area contributed by atoms with Crippen LogP contribution in [0.3, 0.4) is 0 Å². The molecule has 2 unspecified atom stereocenters. The van der Waals surface area contributed by atoms with Crippen molar-refractivity contribution in [3.05, 3.63) is 0 Å². The molecule has 0 aromatic carbocycles. The first-order valence-electron chi connectivity index (χ1n) is 7.01. The van der Waals surface area contributed by atoms with Crippen molar-refractivity contribution in [3.63, 3.8) is 0 Å². The molecule has 1 heterocycles. The number of likely N-dealkylation sites (tertiary alicyclic amines) is 1. The Labute approximate surface area is 114 Å². The third kappa shape index (κ3) is 2.98. The van der Waals surface area contributed by atoms with E-state index in [2.05, 4.69) is 10.2 Å². The van der Waals surface area contributed by atoms with Gasteiger partial charge in [0.25, 0.3) is 0 Å². The van der Waals surface area contributed by atoms with Crippen molar-refractivity contribution >= 4 is 12.7 Å². The van der Waals surface area contributed by atoms with Crippen LogP contribution in [-0.4, -0.2) is 47.6 Å². The van der Waals surface area contributed by atoms with Crippen molar-refractivity contribution in [2.45, 2.75) is 69.9 Å². The molecule has 0 spiro atoms. The Morgan fingerprint density at radius 3 is 2.42 bits per heavy atom. The zero-order valence-corrected chi connectivity index (χ0v) is 12.0. The summed E-state index contributed by atoms with van der Waals surface area (Å²) >= 11 is 0. The van der Waals surface area contributed by atoms with Gasteiger partial charge in [0.1, 0.15) is 6.29 Å². The molecule has 0 aromatic rings. The third-order valence-corrected chi connectivity index (χ3v) is 4.05. The normalized spacial score (nSPS) is 30.7. The molecule has 1 aliphatic heterocycles. The maximum absolute atomic E-state index is 11.4. The molecule has 2 aliphatic rings. The summed E-state index contributed by atoms with van der Waals surface area (Å²) < 4.78 is 6.00. The number of ether oxygens (including phenoxy) is 1. The third-order valence-electron chi connectivity index (χ3n) is 4.05. The smallest absolute Gasteiger partial charge is 0.208 e. The fourth-order valence-corrected chi connectivity index (χ4v) is 3.12. The fourth-order valence-electron chi connectivity index (χ4n) is 3.12. The molecule has 0 aromatic heterocycles. The first kappa shape index (κ1) is 14.5. The summed E-state index contributed by atoms with van der Waals surface area (Å²) in [5, 5.41) is 2.82. The van der Waals surface area contributed by atoms with Crippen LogP contribution >= 0.6 is 0 Å². The van der Waals surface area contributed by atoms with Crippen molar-refractivity contribution < 1.29 is 14.3 Å². The predicted molar refractivity (Wildman–Crippen MR) is 71.6 cm³/mol. The lowest BCUT2D eigenvalue weighted by molar-refractivity contribution is -0.128. The van der Waals surface area contributed by atoms with E-state index < -0.39 is 0 Å². The summed E-state index contributed by atoms with van der Waals surface area (Å²) in [7, 11) is 0. The zero-order valence-electron chi connectivity index (χ0n) is 12.0. The Morgan fingerprint density at radius 2 is 2.00 bits per heavy atom. The molecule has 0 radical (unpaired) electrons. The van der Waals surface area contributed by atoms with E-state index in [1.165, 1.54) is 0 Å². The molecule has 1 saturated carbocycles. The van der Waals surface area contributed by atoms with Crippen LogP contribution in [0.15, 0.2) is 0 Å². The maximum Gasteiger partial charge on any atom is 0.208 e. The van der Waals surface area contributed by atoms with Gasteiger partial charge in [-0.05, 0) is 40.0 Å². The van der Waals surface area contributed by atoms with Gasteiger partial charge >= 0.3 is 0 Å². The van der Waals surface area contributed by atoms with Gasteiger partial charge in [-0.3, -0.25) is 9.69 Å². The fraction of sp³-hybridized carbons (Fsp3) is 0.857. The highest BCUT2D eigenvalue weighted by atomic mass is 16.5. The Bertz CT molecular complexity index is 347. The van der Waals surface area contributed by atoms with E-state index in [-0.39, 0.29) is 23.4 Å². The number of hydrogen-bond donors (Lipinski definition) is 1. The van der Waals surface area contributed by atoms with Gasteiger partial charge in [-0.25, -0.2) is 0 Å². The Hall–Kier alpha value is -0.940. The van der Waals surface area contributed by atoms with E-state index >= 15 is 0 Å². The highest BCUT2D eigenvalue weighted by Crippen LogP contribution is 2.40. The molecule has 5 nitrogen and oxygen atoms in total. The Balaban J connectivity index is 2.08. The van der Waals surface area contributed by atoms with Gasteiger partial charge in [-0.1, -0.05) is 0 Å². The van der Waals surface area contributed by atoms with Crippen molar-refractivity contribution in [1.29, 1.82) is 0 Å². The average molecular weight is 268 g/mol. The molecule has 2 rings (SSSR count). The summed E-state index contributed by atoms with van der Waals surface area (Å²) in [6.45, 7) is 6.78. The topological polar surface area (TPSA) is 58.6 Å². The average Bonchev–Trinajstić information content (AvgIpc) is 2.59. The standard InChI is InChI=1S/C14H24N2O3/c1-13(2,3)19-11-7-12(15-10-18)16(8-11)14(9-17)5-4-6-14/h9-12H,4-8H2,1-3H3,(H,15,18). The number of carbonyl (C=O) groups is 2. The summed E-state index contributed by atoms with van der Waals surface area (Å²) in [5.74, 6) is 0. The molecule has 1 amide bonds. The predicted octanol–water partition coefficient (Wildman–Crippen LogP) is 1.07. The minimum atomic E-state index is -0.378. The second-order valence-electron chi connectivity index (χ2n) is 6.62. The van der Waals surface area contributed by atoms with Gasteiger partial charge in [0.2, 0.25) is 6.41 Å². The molecule has 19 heavy (non-hydrogen) atoms. The monoisotopic (exact) mass is 268 g/mol. The number of carbonyl (C=O) groups excluding carboxylic acids is 2. The molecular weight excluding hydrogens is 244 g/mol. The Kier molecular flexibility index (Phi) is 3.97. The largest absolute Gasteiger partial charge is 0.371 e. The van der Waals surface area contributed by atoms with Crippen LogP contribution in [0.25, 0.3) is 0 Å². The molecule has 2 atom stereocenters. The van der Waals surface area contributed by atoms with Crippen molar-refractivity contribution in [2.24, 2.45) is 0 Å². The van der Waals surface area contributed by atoms with Gasteiger partial charge in [-0.15, -0.1) is 0 Å². The van der Waals surface area contributed by atoms with E-state index in [0.29, 0.717) is 13.0 Å². The van der Waals surface area contributed by atoms with Crippen LogP contribution in [0, 0.1) is 0 Å². The minimum absolute atomic E-state index is 0.0647. The number of nitrogens with zero attached hydrogens (tertiary/aromatic N) is 1. The molecule has 108 valence electrons. The lowest BCUT2D eigenvalue weighted by Crippen LogP contribution is -2.60. The first-order valence-corrected chi connectivity index (χ1v) is 7.01. The molecule has 1 aliphatic carbocycles. The van der Waals surface area contributed by atoms with E-state index in [1.54, 1.807) is 0 Å². The van der Waals surface area contributed by atoms with Gasteiger partial charge in [0.05, 0.1) is 23.4 Å². The zero-order chi connectivity index (χ0) is 14.1. The van der Waals surface area contributed by atoms with Gasteiger partial charge in [0.15, 0.2) is 0 Å². The number of aldehydes is 1. The molecular formula is C14H24N2O3. The maximum atomic E-state index is 11.4. The van der Waals surface area contributed by atoms with Crippen molar-refractivity contribution in [1.82, 2.24) is 10.2 Å². The lowest BCUT2D eigenvalue weighted by Gasteiger charge is -2.46. The number of hydrogen-bond acceptors (Lipinski definition) is 4. The summed E-state index contributed by atoms with van der Waals surface area (Å²) in [4.78, 5) is 24.3. The van der Waals surface area contributed by atoms with Gasteiger partial charge in [-0.2, -0.15) is 0 Å². The van der Waals surface area contributed by atoms with Crippen LogP contribution in [-0.2, 0) is 14.3 Å². The SMILES string of the molecule is CC(C)(C)OC1CC(NC=O)N(C2(C=O)CCC2)C1.